The maximum atomic E-state index is 6.76. The Morgan fingerprint density at radius 1 is 0.943 bits per heavy atom. The van der Waals surface area contributed by atoms with Gasteiger partial charge in [-0.25, -0.2) is 0 Å². The third-order valence-electron chi connectivity index (χ3n) is 7.51. The first-order valence-corrected chi connectivity index (χ1v) is 13.1. The normalized spacial score (nSPS) is 32.2. The molecule has 0 spiro atoms. The monoisotopic (exact) mass is 478 g/mol. The van der Waals surface area contributed by atoms with Gasteiger partial charge in [-0.2, -0.15) is 0 Å². The van der Waals surface area contributed by atoms with Crippen LogP contribution in [0.5, 0.6) is 0 Å². The molecule has 0 saturated carbocycles. The number of rotatable bonds is 9. The van der Waals surface area contributed by atoms with Gasteiger partial charge >= 0.3 is 0 Å². The minimum absolute atomic E-state index is 0.00168. The van der Waals surface area contributed by atoms with Crippen LogP contribution in [-0.2, 0) is 36.9 Å². The molecule has 3 heterocycles. The largest absolute Gasteiger partial charge is 0.495 e. The average molecular weight is 479 g/mol. The van der Waals surface area contributed by atoms with Crippen LogP contribution in [0.4, 0.5) is 0 Å². The fourth-order valence-corrected chi connectivity index (χ4v) is 5.51. The minimum Gasteiger partial charge on any atom is -0.495 e. The van der Waals surface area contributed by atoms with Gasteiger partial charge in [-0.15, -0.1) is 0 Å². The summed E-state index contributed by atoms with van der Waals surface area (Å²) in [6.45, 7) is 4.15. The van der Waals surface area contributed by atoms with E-state index < -0.39 is 0 Å². The van der Waals surface area contributed by atoms with Gasteiger partial charge in [0.15, 0.2) is 0 Å². The SMILES string of the molecule is C[C@]12CCC=CO[C@@H]1C[C@@H]1O[C@@H](CCCOCc3ccccc3)C[C@@H](OCc3ccccc3)[C@H]1O2. The van der Waals surface area contributed by atoms with E-state index in [1.807, 2.05) is 30.5 Å². The van der Waals surface area contributed by atoms with E-state index in [1.165, 1.54) is 11.1 Å². The quantitative estimate of drug-likeness (QED) is 0.416. The fraction of sp³-hybridized carbons (Fsp3) is 0.533. The van der Waals surface area contributed by atoms with Crippen molar-refractivity contribution in [1.82, 2.24) is 0 Å². The Hall–Kier alpha value is -2.18. The van der Waals surface area contributed by atoms with E-state index in [9.17, 15) is 0 Å². The third-order valence-corrected chi connectivity index (χ3v) is 7.51. The predicted molar refractivity (Wildman–Crippen MR) is 135 cm³/mol. The van der Waals surface area contributed by atoms with E-state index in [2.05, 4.69) is 49.4 Å². The lowest BCUT2D eigenvalue weighted by Crippen LogP contribution is -2.62. The first kappa shape index (κ1) is 24.5. The molecule has 0 N–H and O–H groups in total. The van der Waals surface area contributed by atoms with Gasteiger partial charge < -0.3 is 23.7 Å². The van der Waals surface area contributed by atoms with Crippen LogP contribution in [0.3, 0.4) is 0 Å². The Labute approximate surface area is 209 Å². The van der Waals surface area contributed by atoms with Crippen molar-refractivity contribution in [2.24, 2.45) is 0 Å². The van der Waals surface area contributed by atoms with Gasteiger partial charge in [-0.05, 0) is 49.8 Å². The molecule has 3 aliphatic rings. The number of ether oxygens (including phenoxy) is 5. The van der Waals surface area contributed by atoms with Crippen LogP contribution < -0.4 is 0 Å². The van der Waals surface area contributed by atoms with Crippen LogP contribution >= 0.6 is 0 Å². The number of hydrogen-bond acceptors (Lipinski definition) is 5. The zero-order chi connectivity index (χ0) is 23.9. The molecular weight excluding hydrogens is 440 g/mol. The van der Waals surface area contributed by atoms with Gasteiger partial charge in [0.2, 0.25) is 0 Å². The minimum atomic E-state index is -0.319. The summed E-state index contributed by atoms with van der Waals surface area (Å²) in [5.74, 6) is 0. The Bertz CT molecular complexity index is 932. The molecule has 6 atom stereocenters. The predicted octanol–water partition coefficient (Wildman–Crippen LogP) is 5.97. The zero-order valence-electron chi connectivity index (χ0n) is 20.7. The highest BCUT2D eigenvalue weighted by atomic mass is 16.6. The second-order valence-corrected chi connectivity index (χ2v) is 10.2. The summed E-state index contributed by atoms with van der Waals surface area (Å²) < 4.78 is 31.9. The van der Waals surface area contributed by atoms with Crippen molar-refractivity contribution in [1.29, 1.82) is 0 Å². The van der Waals surface area contributed by atoms with Crippen LogP contribution in [0.15, 0.2) is 73.0 Å². The van der Waals surface area contributed by atoms with Crippen LogP contribution in [-0.4, -0.2) is 42.7 Å². The van der Waals surface area contributed by atoms with Crippen LogP contribution in [0, 0.1) is 0 Å². The molecule has 0 amide bonds. The summed E-state index contributed by atoms with van der Waals surface area (Å²) in [4.78, 5) is 0. The van der Waals surface area contributed by atoms with Crippen molar-refractivity contribution in [3.05, 3.63) is 84.1 Å². The second-order valence-electron chi connectivity index (χ2n) is 10.2. The summed E-state index contributed by atoms with van der Waals surface area (Å²) >= 11 is 0. The standard InChI is InChI=1S/C30H38O5/c1-30-16-8-9-18-32-28(30)20-27-29(35-30)26(33-22-24-13-6-3-7-14-24)19-25(34-27)15-10-17-31-21-23-11-4-2-5-12-23/h2-7,9,11-14,18,25-29H,8,10,15-17,19-22H2,1H3/t25-,26+,27-,28+,29+,30-/m0/s1. The van der Waals surface area contributed by atoms with Crippen molar-refractivity contribution >= 4 is 0 Å². The first-order chi connectivity index (χ1) is 17.2. The van der Waals surface area contributed by atoms with Gasteiger partial charge in [0.1, 0.15) is 17.8 Å². The highest BCUT2D eigenvalue weighted by Gasteiger charge is 2.52. The van der Waals surface area contributed by atoms with Crippen LogP contribution in [0.2, 0.25) is 0 Å². The fourth-order valence-electron chi connectivity index (χ4n) is 5.51. The molecule has 0 unspecified atom stereocenters. The maximum Gasteiger partial charge on any atom is 0.129 e. The van der Waals surface area contributed by atoms with E-state index in [0.29, 0.717) is 13.2 Å². The molecule has 5 nitrogen and oxygen atoms in total. The molecule has 2 aromatic carbocycles. The molecule has 2 saturated heterocycles. The maximum absolute atomic E-state index is 6.76. The molecule has 0 radical (unpaired) electrons. The Morgan fingerprint density at radius 3 is 2.46 bits per heavy atom. The number of hydrogen-bond donors (Lipinski definition) is 0. The molecule has 3 aliphatic heterocycles. The molecule has 2 aromatic rings. The molecule has 188 valence electrons. The number of allylic oxidation sites excluding steroid dienone is 1. The molecular formula is C30H38O5. The molecule has 5 heteroatoms. The van der Waals surface area contributed by atoms with Gasteiger partial charge in [-0.3, -0.25) is 0 Å². The molecule has 0 aliphatic carbocycles. The van der Waals surface area contributed by atoms with Gasteiger partial charge in [0.25, 0.3) is 0 Å². The van der Waals surface area contributed by atoms with E-state index in [0.717, 1.165) is 45.1 Å². The molecule has 2 fully saturated rings. The molecule has 0 aromatic heterocycles. The summed E-state index contributed by atoms with van der Waals surface area (Å²) in [5.41, 5.74) is 2.07. The lowest BCUT2D eigenvalue weighted by atomic mass is 9.81. The van der Waals surface area contributed by atoms with Gasteiger partial charge in [-0.1, -0.05) is 60.7 Å². The van der Waals surface area contributed by atoms with Gasteiger partial charge in [0, 0.05) is 19.4 Å². The highest BCUT2D eigenvalue weighted by Crippen LogP contribution is 2.42. The van der Waals surface area contributed by atoms with E-state index >= 15 is 0 Å². The Morgan fingerprint density at radius 2 is 1.69 bits per heavy atom. The summed E-state index contributed by atoms with van der Waals surface area (Å²) in [6.07, 6.45) is 9.47. The van der Waals surface area contributed by atoms with Crippen LogP contribution in [0.1, 0.15) is 56.6 Å². The smallest absolute Gasteiger partial charge is 0.129 e. The van der Waals surface area contributed by atoms with Crippen molar-refractivity contribution < 1.29 is 23.7 Å². The van der Waals surface area contributed by atoms with Crippen molar-refractivity contribution in [2.75, 3.05) is 6.61 Å². The Balaban J connectivity index is 1.19. The molecule has 5 rings (SSSR count). The third kappa shape index (κ3) is 6.34. The van der Waals surface area contributed by atoms with Crippen LogP contribution in [0.25, 0.3) is 0 Å². The van der Waals surface area contributed by atoms with Crippen molar-refractivity contribution in [3.8, 4) is 0 Å². The second kappa shape index (κ2) is 11.7. The molecule has 35 heavy (non-hydrogen) atoms. The highest BCUT2D eigenvalue weighted by molar-refractivity contribution is 5.14. The Kier molecular flexibility index (Phi) is 8.20. The summed E-state index contributed by atoms with van der Waals surface area (Å²) in [7, 11) is 0. The zero-order valence-corrected chi connectivity index (χ0v) is 20.7. The summed E-state index contributed by atoms with van der Waals surface area (Å²) in [5, 5.41) is 0. The summed E-state index contributed by atoms with van der Waals surface area (Å²) in [6, 6.07) is 20.7. The first-order valence-electron chi connectivity index (χ1n) is 13.1. The molecule has 0 bridgehead atoms. The lowest BCUT2D eigenvalue weighted by molar-refractivity contribution is -0.289. The average Bonchev–Trinajstić information content (AvgIpc) is 3.08. The van der Waals surface area contributed by atoms with Gasteiger partial charge in [0.05, 0.1) is 37.8 Å². The van der Waals surface area contributed by atoms with Crippen molar-refractivity contribution in [2.45, 2.75) is 94.8 Å². The van der Waals surface area contributed by atoms with E-state index in [1.54, 1.807) is 0 Å². The van der Waals surface area contributed by atoms with E-state index in [4.69, 9.17) is 23.7 Å². The number of benzene rings is 2. The topological polar surface area (TPSA) is 46.2 Å². The van der Waals surface area contributed by atoms with Crippen molar-refractivity contribution in [3.63, 3.8) is 0 Å². The number of fused-ring (bicyclic) bond motifs is 2. The van der Waals surface area contributed by atoms with E-state index in [-0.39, 0.29) is 36.1 Å². The lowest BCUT2D eigenvalue weighted by Gasteiger charge is -2.52.